The van der Waals surface area contributed by atoms with Gasteiger partial charge in [-0.3, -0.25) is 9.59 Å². The molecule has 162 valence electrons. The van der Waals surface area contributed by atoms with Crippen molar-refractivity contribution in [1.82, 2.24) is 10.2 Å². The molecule has 1 N–H and O–H groups in total. The largest absolute Gasteiger partial charge is 0.493 e. The number of nitrogens with zero attached hydrogens (tertiary/aromatic N) is 1. The van der Waals surface area contributed by atoms with Crippen LogP contribution in [0.25, 0.3) is 0 Å². The molecule has 30 heavy (non-hydrogen) atoms. The number of amides is 2. The third kappa shape index (κ3) is 5.65. The van der Waals surface area contributed by atoms with Crippen LogP contribution >= 0.6 is 0 Å². The van der Waals surface area contributed by atoms with Crippen LogP contribution in [0, 0.1) is 6.92 Å². The summed E-state index contributed by atoms with van der Waals surface area (Å²) in [7, 11) is 4.64. The van der Waals surface area contributed by atoms with E-state index in [-0.39, 0.29) is 24.6 Å². The van der Waals surface area contributed by atoms with Gasteiger partial charge < -0.3 is 19.7 Å². The fourth-order valence-electron chi connectivity index (χ4n) is 2.74. The standard InChI is InChI=1S/C21H23F3N2O4/c1-13-9-17(29-3)18(30-4)10-15(13)12-26(2)19(27)11-25-20(28)14-5-7-16(8-6-14)21(22,23)24/h5-10H,11-12H2,1-4H3,(H,25,28). The zero-order chi connectivity index (χ0) is 22.5. The zero-order valence-corrected chi connectivity index (χ0v) is 17.1. The van der Waals surface area contributed by atoms with Crippen LogP contribution in [0.1, 0.15) is 27.0 Å². The van der Waals surface area contributed by atoms with Crippen molar-refractivity contribution in [2.24, 2.45) is 0 Å². The quantitative estimate of drug-likeness (QED) is 0.740. The van der Waals surface area contributed by atoms with E-state index in [1.807, 2.05) is 6.92 Å². The Morgan fingerprint density at radius 2 is 1.60 bits per heavy atom. The summed E-state index contributed by atoms with van der Waals surface area (Å²) in [6, 6.07) is 7.36. The molecule has 2 rings (SSSR count). The molecule has 2 amide bonds. The molecular formula is C21H23F3N2O4. The van der Waals surface area contributed by atoms with Crippen molar-refractivity contribution in [2.45, 2.75) is 19.6 Å². The molecule has 0 fully saturated rings. The summed E-state index contributed by atoms with van der Waals surface area (Å²) >= 11 is 0. The van der Waals surface area contributed by atoms with Crippen molar-refractivity contribution in [3.05, 3.63) is 58.7 Å². The number of halogens is 3. The summed E-state index contributed by atoms with van der Waals surface area (Å²) < 4.78 is 48.3. The normalized spacial score (nSPS) is 11.0. The molecule has 9 heteroatoms. The van der Waals surface area contributed by atoms with Crippen molar-refractivity contribution in [1.29, 1.82) is 0 Å². The predicted octanol–water partition coefficient (Wildman–Crippen LogP) is 3.42. The number of alkyl halides is 3. The van der Waals surface area contributed by atoms with E-state index in [4.69, 9.17) is 9.47 Å². The second kappa shape index (κ2) is 9.51. The lowest BCUT2D eigenvalue weighted by atomic mass is 10.1. The highest BCUT2D eigenvalue weighted by molar-refractivity contribution is 5.96. The fraction of sp³-hybridized carbons (Fsp3) is 0.333. The fourth-order valence-corrected chi connectivity index (χ4v) is 2.74. The molecule has 0 bridgehead atoms. The molecule has 0 aromatic heterocycles. The minimum atomic E-state index is -4.48. The molecule has 0 saturated heterocycles. The van der Waals surface area contributed by atoms with Gasteiger partial charge in [0.05, 0.1) is 26.3 Å². The van der Waals surface area contributed by atoms with Gasteiger partial charge in [0.15, 0.2) is 11.5 Å². The molecule has 0 aliphatic rings. The molecule has 0 unspecified atom stereocenters. The SMILES string of the molecule is COc1cc(C)c(CN(C)C(=O)CNC(=O)c2ccc(C(F)(F)F)cc2)cc1OC. The van der Waals surface area contributed by atoms with Gasteiger partial charge in [0.2, 0.25) is 5.91 Å². The molecule has 0 spiro atoms. The summed E-state index contributed by atoms with van der Waals surface area (Å²) in [6.45, 7) is 1.87. The number of carbonyl (C=O) groups is 2. The van der Waals surface area contributed by atoms with Crippen molar-refractivity contribution >= 4 is 11.8 Å². The Labute approximate surface area is 172 Å². The second-order valence-corrected chi connectivity index (χ2v) is 6.64. The lowest BCUT2D eigenvalue weighted by Crippen LogP contribution is -2.37. The molecular weight excluding hydrogens is 401 g/mol. The lowest BCUT2D eigenvalue weighted by Gasteiger charge is -2.20. The Morgan fingerprint density at radius 1 is 1.03 bits per heavy atom. The second-order valence-electron chi connectivity index (χ2n) is 6.64. The van der Waals surface area contributed by atoms with Crippen LogP contribution in [0.3, 0.4) is 0 Å². The first kappa shape index (κ1) is 23.1. The van der Waals surface area contributed by atoms with E-state index in [1.165, 1.54) is 19.1 Å². The van der Waals surface area contributed by atoms with E-state index in [1.54, 1.807) is 19.2 Å². The summed E-state index contributed by atoms with van der Waals surface area (Å²) in [5, 5.41) is 2.42. The third-order valence-corrected chi connectivity index (χ3v) is 4.55. The van der Waals surface area contributed by atoms with Gasteiger partial charge in [0.1, 0.15) is 0 Å². The summed E-state index contributed by atoms with van der Waals surface area (Å²) in [6.07, 6.45) is -4.48. The van der Waals surface area contributed by atoms with Gasteiger partial charge in [-0.25, -0.2) is 0 Å². The van der Waals surface area contributed by atoms with Gasteiger partial charge in [0, 0.05) is 19.2 Å². The van der Waals surface area contributed by atoms with Crippen LogP contribution in [0.2, 0.25) is 0 Å². The van der Waals surface area contributed by atoms with E-state index < -0.39 is 17.6 Å². The van der Waals surface area contributed by atoms with E-state index in [0.717, 1.165) is 35.4 Å². The first-order valence-corrected chi connectivity index (χ1v) is 8.97. The predicted molar refractivity (Wildman–Crippen MR) is 105 cm³/mol. The van der Waals surface area contributed by atoms with Crippen LogP contribution < -0.4 is 14.8 Å². The highest BCUT2D eigenvalue weighted by Crippen LogP contribution is 2.31. The monoisotopic (exact) mass is 424 g/mol. The molecule has 2 aromatic carbocycles. The third-order valence-electron chi connectivity index (χ3n) is 4.55. The average molecular weight is 424 g/mol. The van der Waals surface area contributed by atoms with Crippen molar-refractivity contribution < 1.29 is 32.2 Å². The molecule has 6 nitrogen and oxygen atoms in total. The average Bonchev–Trinajstić information content (AvgIpc) is 2.72. The topological polar surface area (TPSA) is 67.9 Å². The van der Waals surface area contributed by atoms with Gasteiger partial charge in [-0.05, 0) is 54.4 Å². The zero-order valence-electron chi connectivity index (χ0n) is 17.1. The lowest BCUT2D eigenvalue weighted by molar-refractivity contribution is -0.137. The maximum atomic E-state index is 12.6. The Bertz CT molecular complexity index is 912. The van der Waals surface area contributed by atoms with E-state index in [2.05, 4.69) is 5.32 Å². The van der Waals surface area contributed by atoms with E-state index in [9.17, 15) is 22.8 Å². The summed E-state index contributed by atoms with van der Waals surface area (Å²) in [5.74, 6) is 0.128. The van der Waals surface area contributed by atoms with Gasteiger partial charge >= 0.3 is 6.18 Å². The van der Waals surface area contributed by atoms with Gasteiger partial charge in [0.25, 0.3) is 5.91 Å². The van der Waals surface area contributed by atoms with Gasteiger partial charge in [-0.1, -0.05) is 0 Å². The van der Waals surface area contributed by atoms with E-state index >= 15 is 0 Å². The van der Waals surface area contributed by atoms with Crippen molar-refractivity contribution in [3.63, 3.8) is 0 Å². The summed E-state index contributed by atoms with van der Waals surface area (Å²) in [4.78, 5) is 25.9. The minimum absolute atomic E-state index is 0.0363. The van der Waals surface area contributed by atoms with Gasteiger partial charge in [-0.2, -0.15) is 13.2 Å². The van der Waals surface area contributed by atoms with Gasteiger partial charge in [-0.15, -0.1) is 0 Å². The molecule has 0 atom stereocenters. The molecule has 0 radical (unpaired) electrons. The van der Waals surface area contributed by atoms with Crippen LogP contribution in [0.4, 0.5) is 13.2 Å². The number of methoxy groups -OCH3 is 2. The maximum Gasteiger partial charge on any atom is 0.416 e. The number of hydrogen-bond donors (Lipinski definition) is 1. The molecule has 2 aromatic rings. The number of carbonyl (C=O) groups excluding carboxylic acids is 2. The van der Waals surface area contributed by atoms with Crippen LogP contribution in [0.5, 0.6) is 11.5 Å². The number of likely N-dealkylation sites (N-methyl/N-ethyl adjacent to an activating group) is 1. The first-order valence-electron chi connectivity index (χ1n) is 8.97. The number of aryl methyl sites for hydroxylation is 1. The number of nitrogens with one attached hydrogen (secondary N) is 1. The minimum Gasteiger partial charge on any atom is -0.493 e. The van der Waals surface area contributed by atoms with Crippen LogP contribution in [-0.4, -0.2) is 44.5 Å². The highest BCUT2D eigenvalue weighted by atomic mass is 19.4. The Balaban J connectivity index is 1.97. The number of benzene rings is 2. The highest BCUT2D eigenvalue weighted by Gasteiger charge is 2.30. The maximum absolute atomic E-state index is 12.6. The van der Waals surface area contributed by atoms with Crippen LogP contribution in [0.15, 0.2) is 36.4 Å². The van der Waals surface area contributed by atoms with Crippen molar-refractivity contribution in [3.8, 4) is 11.5 Å². The first-order chi connectivity index (χ1) is 14.1. The molecule has 0 heterocycles. The number of rotatable bonds is 7. The summed E-state index contributed by atoms with van der Waals surface area (Å²) in [5.41, 5.74) is 0.938. The molecule has 0 saturated carbocycles. The number of hydrogen-bond acceptors (Lipinski definition) is 4. The Hall–Kier alpha value is -3.23. The Morgan fingerprint density at radius 3 is 2.13 bits per heavy atom. The smallest absolute Gasteiger partial charge is 0.416 e. The Kier molecular flexibility index (Phi) is 7.31. The van der Waals surface area contributed by atoms with Crippen LogP contribution in [-0.2, 0) is 17.5 Å². The number of ether oxygens (including phenoxy) is 2. The van der Waals surface area contributed by atoms with E-state index in [0.29, 0.717) is 11.5 Å². The molecule has 0 aliphatic carbocycles. The van der Waals surface area contributed by atoms with Crippen molar-refractivity contribution in [2.75, 3.05) is 27.8 Å². The molecule has 0 aliphatic heterocycles.